The summed E-state index contributed by atoms with van der Waals surface area (Å²) in [5.41, 5.74) is 6.54. The molecule has 2 aromatic carbocycles. The molecule has 2 heterocycles. The highest BCUT2D eigenvalue weighted by molar-refractivity contribution is 6.30. The van der Waals surface area contributed by atoms with Crippen molar-refractivity contribution in [2.45, 2.75) is 19.4 Å². The first-order chi connectivity index (χ1) is 17.1. The van der Waals surface area contributed by atoms with Crippen LogP contribution in [0.4, 0.5) is 0 Å². The van der Waals surface area contributed by atoms with Gasteiger partial charge in [-0.2, -0.15) is 5.10 Å². The first kappa shape index (κ1) is 24.4. The highest BCUT2D eigenvalue weighted by Gasteiger charge is 2.26. The van der Waals surface area contributed by atoms with Crippen LogP contribution in [0.15, 0.2) is 70.5 Å². The summed E-state index contributed by atoms with van der Waals surface area (Å²) in [4.78, 5) is 4.96. The summed E-state index contributed by atoms with van der Waals surface area (Å²) < 4.78 is 5.62. The van der Waals surface area contributed by atoms with Crippen molar-refractivity contribution in [3.63, 3.8) is 0 Å². The SMILES string of the molecule is Clc1ccc(/C=C2/CCC(/C=N\N3CCN(Cc4ccc(Cl)cc4)CC3)=C2N2CCOCC2)cc1. The van der Waals surface area contributed by atoms with E-state index in [9.17, 15) is 0 Å². The van der Waals surface area contributed by atoms with Gasteiger partial charge in [0.05, 0.1) is 19.4 Å². The van der Waals surface area contributed by atoms with Crippen LogP contribution in [0.3, 0.4) is 0 Å². The maximum atomic E-state index is 6.09. The summed E-state index contributed by atoms with van der Waals surface area (Å²) in [6, 6.07) is 16.2. The Hall–Kier alpha value is -2.31. The highest BCUT2D eigenvalue weighted by Crippen LogP contribution is 2.35. The number of hydrazone groups is 1. The van der Waals surface area contributed by atoms with Crippen molar-refractivity contribution >= 4 is 35.5 Å². The minimum Gasteiger partial charge on any atom is -0.378 e. The second-order valence-corrected chi connectivity index (χ2v) is 10.2. The molecule has 3 aliphatic rings. The first-order valence-corrected chi connectivity index (χ1v) is 13.2. The molecule has 0 bridgehead atoms. The van der Waals surface area contributed by atoms with Gasteiger partial charge in [0.25, 0.3) is 0 Å². The van der Waals surface area contributed by atoms with Gasteiger partial charge in [-0.1, -0.05) is 47.5 Å². The van der Waals surface area contributed by atoms with Gasteiger partial charge < -0.3 is 9.64 Å². The number of piperazine rings is 1. The van der Waals surface area contributed by atoms with Crippen molar-refractivity contribution in [1.82, 2.24) is 14.8 Å². The lowest BCUT2D eigenvalue weighted by Gasteiger charge is -2.33. The monoisotopic (exact) mass is 510 g/mol. The van der Waals surface area contributed by atoms with Crippen LogP contribution >= 0.6 is 23.2 Å². The first-order valence-electron chi connectivity index (χ1n) is 12.4. The Balaban J connectivity index is 1.26. The second kappa shape index (κ2) is 11.6. The molecule has 184 valence electrons. The third kappa shape index (κ3) is 6.47. The Morgan fingerprint density at radius 2 is 1.46 bits per heavy atom. The molecule has 0 spiro atoms. The summed E-state index contributed by atoms with van der Waals surface area (Å²) in [7, 11) is 0. The smallest absolute Gasteiger partial charge is 0.0642 e. The molecule has 0 amide bonds. The summed E-state index contributed by atoms with van der Waals surface area (Å²) in [6.07, 6.45) is 6.47. The third-order valence-electron chi connectivity index (χ3n) is 6.86. The molecule has 5 rings (SSSR count). The Bertz CT molecular complexity index is 1080. The third-order valence-corrected chi connectivity index (χ3v) is 7.36. The molecule has 2 saturated heterocycles. The van der Waals surface area contributed by atoms with Crippen LogP contribution in [0.1, 0.15) is 24.0 Å². The maximum absolute atomic E-state index is 6.09. The molecule has 0 radical (unpaired) electrons. The number of rotatable bonds is 6. The van der Waals surface area contributed by atoms with Crippen molar-refractivity contribution in [1.29, 1.82) is 0 Å². The predicted molar refractivity (Wildman–Crippen MR) is 145 cm³/mol. The van der Waals surface area contributed by atoms with Crippen LogP contribution in [0.25, 0.3) is 6.08 Å². The van der Waals surface area contributed by atoms with Gasteiger partial charge >= 0.3 is 0 Å². The van der Waals surface area contributed by atoms with Gasteiger partial charge in [-0.05, 0) is 65.5 Å². The molecule has 0 N–H and O–H groups in total. The van der Waals surface area contributed by atoms with Crippen LogP contribution in [0.2, 0.25) is 10.0 Å². The number of halogens is 2. The quantitative estimate of drug-likeness (QED) is 0.476. The molecular formula is C28H32Cl2N4O. The van der Waals surface area contributed by atoms with Crippen LogP contribution in [0.5, 0.6) is 0 Å². The van der Waals surface area contributed by atoms with E-state index in [1.807, 2.05) is 24.3 Å². The predicted octanol–water partition coefficient (Wildman–Crippen LogP) is 5.56. The van der Waals surface area contributed by atoms with Crippen molar-refractivity contribution in [3.8, 4) is 0 Å². The molecule has 2 aromatic rings. The summed E-state index contributed by atoms with van der Waals surface area (Å²) >= 11 is 12.1. The van der Waals surface area contributed by atoms with E-state index < -0.39 is 0 Å². The topological polar surface area (TPSA) is 31.3 Å². The molecular weight excluding hydrogens is 479 g/mol. The molecule has 0 unspecified atom stereocenters. The lowest BCUT2D eigenvalue weighted by molar-refractivity contribution is 0.0548. The van der Waals surface area contributed by atoms with Crippen molar-refractivity contribution in [2.24, 2.45) is 5.10 Å². The molecule has 0 aromatic heterocycles. The van der Waals surface area contributed by atoms with Gasteiger partial charge in [-0.25, -0.2) is 0 Å². The molecule has 7 heteroatoms. The zero-order chi connectivity index (χ0) is 24.0. The normalized spacial score (nSPS) is 21.0. The lowest BCUT2D eigenvalue weighted by atomic mass is 10.1. The Kier molecular flexibility index (Phi) is 8.09. The number of ether oxygens (including phenoxy) is 1. The van der Waals surface area contributed by atoms with Crippen LogP contribution < -0.4 is 0 Å². The van der Waals surface area contributed by atoms with E-state index in [1.54, 1.807) is 0 Å². The van der Waals surface area contributed by atoms with Gasteiger partial charge in [0, 0.05) is 61.6 Å². The standard InChI is InChI=1S/C28H32Cl2N4O/c29-26-7-1-22(2-8-26)19-24-5-6-25(28(24)33-15-17-35-18-16-33)20-31-34-13-11-32(12-14-34)21-23-3-9-27(30)10-4-23/h1-4,7-10,19-20H,5-6,11-18,21H2/b24-19-,31-20-. The largest absolute Gasteiger partial charge is 0.378 e. The van der Waals surface area contributed by atoms with E-state index in [0.717, 1.165) is 81.9 Å². The molecule has 0 saturated carbocycles. The zero-order valence-electron chi connectivity index (χ0n) is 20.0. The van der Waals surface area contributed by atoms with Crippen molar-refractivity contribution in [2.75, 3.05) is 52.5 Å². The fourth-order valence-electron chi connectivity index (χ4n) is 4.94. The van der Waals surface area contributed by atoms with Gasteiger partial charge in [0.15, 0.2) is 0 Å². The van der Waals surface area contributed by atoms with E-state index in [2.05, 4.69) is 51.4 Å². The number of nitrogens with zero attached hydrogens (tertiary/aromatic N) is 4. The van der Waals surface area contributed by atoms with Gasteiger partial charge in [0.2, 0.25) is 0 Å². The van der Waals surface area contributed by atoms with Gasteiger partial charge in [-0.15, -0.1) is 0 Å². The zero-order valence-corrected chi connectivity index (χ0v) is 21.5. The van der Waals surface area contributed by atoms with Crippen molar-refractivity contribution < 1.29 is 4.74 Å². The molecule has 5 nitrogen and oxygen atoms in total. The average Bonchev–Trinajstić information content (AvgIpc) is 3.29. The summed E-state index contributed by atoms with van der Waals surface area (Å²) in [6.45, 7) is 8.26. The molecule has 2 aliphatic heterocycles. The molecule has 2 fully saturated rings. The Morgan fingerprint density at radius 3 is 2.14 bits per heavy atom. The average molecular weight is 511 g/mol. The number of allylic oxidation sites excluding steroid dienone is 2. The van der Waals surface area contributed by atoms with E-state index in [4.69, 9.17) is 33.0 Å². The van der Waals surface area contributed by atoms with Crippen LogP contribution in [-0.4, -0.2) is 73.5 Å². The van der Waals surface area contributed by atoms with E-state index in [1.165, 1.54) is 28.0 Å². The Labute approximate surface area is 218 Å². The van der Waals surface area contributed by atoms with Crippen molar-refractivity contribution in [3.05, 3.63) is 86.5 Å². The van der Waals surface area contributed by atoms with Gasteiger partial charge in [0.1, 0.15) is 0 Å². The Morgan fingerprint density at radius 1 is 0.800 bits per heavy atom. The molecule has 35 heavy (non-hydrogen) atoms. The number of morpholine rings is 1. The summed E-state index contributed by atoms with van der Waals surface area (Å²) in [5, 5.41) is 8.69. The minimum atomic E-state index is 0.767. The molecule has 0 atom stereocenters. The van der Waals surface area contributed by atoms with E-state index in [-0.39, 0.29) is 0 Å². The fourth-order valence-corrected chi connectivity index (χ4v) is 5.19. The van der Waals surface area contributed by atoms with E-state index >= 15 is 0 Å². The summed E-state index contributed by atoms with van der Waals surface area (Å²) in [5.74, 6) is 0. The number of hydrogen-bond acceptors (Lipinski definition) is 5. The van der Waals surface area contributed by atoms with Crippen LogP contribution in [0, 0.1) is 0 Å². The maximum Gasteiger partial charge on any atom is 0.0642 e. The minimum absolute atomic E-state index is 0.767. The highest BCUT2D eigenvalue weighted by atomic mass is 35.5. The van der Waals surface area contributed by atoms with Gasteiger partial charge in [-0.3, -0.25) is 9.91 Å². The fraction of sp³-hybridized carbons (Fsp3) is 0.393. The number of benzene rings is 2. The van der Waals surface area contributed by atoms with E-state index in [0.29, 0.717) is 0 Å². The second-order valence-electron chi connectivity index (χ2n) is 9.30. The molecule has 1 aliphatic carbocycles. The number of hydrogen-bond donors (Lipinski definition) is 0. The lowest BCUT2D eigenvalue weighted by Crippen LogP contribution is -2.43. The van der Waals surface area contributed by atoms with Crippen LogP contribution in [-0.2, 0) is 11.3 Å².